The number of nitrogens with zero attached hydrogens (tertiary/aromatic N) is 1. The summed E-state index contributed by atoms with van der Waals surface area (Å²) < 4.78 is 0. The van der Waals surface area contributed by atoms with Crippen LogP contribution in [0.3, 0.4) is 0 Å². The molecule has 0 spiro atoms. The van der Waals surface area contributed by atoms with E-state index in [0.29, 0.717) is 0 Å². The number of aliphatic hydroxyl groups excluding tert-OH is 2. The third-order valence-electron chi connectivity index (χ3n) is 3.83. The molecular formula is C14H21NO2. The predicted molar refractivity (Wildman–Crippen MR) is 67.7 cm³/mol. The standard InChI is InChI=1S/C14H21NO2/c1-11(12-5-3-2-4-6-12)15-13(9-16)7-8-14(15)10-17/h2-6,11,13-14,16-17H,7-10H2,1H3/t11-,13+,14+/m0/s1. The lowest BCUT2D eigenvalue weighted by Gasteiger charge is -2.34. The molecule has 0 aromatic heterocycles. The van der Waals surface area contributed by atoms with Crippen LogP contribution >= 0.6 is 0 Å². The van der Waals surface area contributed by atoms with Gasteiger partial charge in [-0.05, 0) is 25.3 Å². The van der Waals surface area contributed by atoms with Gasteiger partial charge in [0.2, 0.25) is 0 Å². The van der Waals surface area contributed by atoms with E-state index in [1.807, 2.05) is 18.2 Å². The molecule has 2 rings (SSSR count). The first-order valence-corrected chi connectivity index (χ1v) is 6.32. The fourth-order valence-corrected chi connectivity index (χ4v) is 2.89. The molecule has 0 saturated carbocycles. The van der Waals surface area contributed by atoms with Crippen molar-refractivity contribution in [2.45, 2.75) is 37.9 Å². The van der Waals surface area contributed by atoms with Gasteiger partial charge in [0.15, 0.2) is 0 Å². The SMILES string of the molecule is C[C@@H](c1ccccc1)N1[C@@H](CO)CC[C@@H]1CO. The smallest absolute Gasteiger partial charge is 0.0587 e. The van der Waals surface area contributed by atoms with E-state index in [1.54, 1.807) is 0 Å². The molecule has 1 fully saturated rings. The summed E-state index contributed by atoms with van der Waals surface area (Å²) in [6, 6.07) is 10.9. The summed E-state index contributed by atoms with van der Waals surface area (Å²) in [7, 11) is 0. The Hall–Kier alpha value is -0.900. The Morgan fingerprint density at radius 3 is 2.12 bits per heavy atom. The maximum atomic E-state index is 9.42. The highest BCUT2D eigenvalue weighted by atomic mass is 16.3. The summed E-state index contributed by atoms with van der Waals surface area (Å²) in [6.45, 7) is 2.49. The molecule has 1 aliphatic rings. The Morgan fingerprint density at radius 2 is 1.65 bits per heavy atom. The molecule has 3 nitrogen and oxygen atoms in total. The monoisotopic (exact) mass is 235 g/mol. The molecule has 0 amide bonds. The van der Waals surface area contributed by atoms with Crippen LogP contribution in [-0.2, 0) is 0 Å². The lowest BCUT2D eigenvalue weighted by molar-refractivity contribution is 0.0644. The minimum atomic E-state index is 0.174. The highest BCUT2D eigenvalue weighted by Gasteiger charge is 2.35. The highest BCUT2D eigenvalue weighted by molar-refractivity contribution is 5.19. The van der Waals surface area contributed by atoms with Crippen molar-refractivity contribution in [3.63, 3.8) is 0 Å². The summed E-state index contributed by atoms with van der Waals surface area (Å²) in [4.78, 5) is 2.26. The third kappa shape index (κ3) is 2.51. The first-order chi connectivity index (χ1) is 8.27. The Morgan fingerprint density at radius 1 is 1.12 bits per heavy atom. The van der Waals surface area contributed by atoms with Gasteiger partial charge in [-0.2, -0.15) is 0 Å². The maximum absolute atomic E-state index is 9.42. The molecule has 0 radical (unpaired) electrons. The van der Waals surface area contributed by atoms with Crippen LogP contribution in [0.2, 0.25) is 0 Å². The van der Waals surface area contributed by atoms with E-state index in [2.05, 4.69) is 24.0 Å². The predicted octanol–water partition coefficient (Wildman–Crippen LogP) is 1.57. The lowest BCUT2D eigenvalue weighted by Crippen LogP contribution is -2.41. The van der Waals surface area contributed by atoms with E-state index in [4.69, 9.17) is 0 Å². The zero-order chi connectivity index (χ0) is 12.3. The van der Waals surface area contributed by atoms with Gasteiger partial charge in [0.1, 0.15) is 0 Å². The molecule has 3 atom stereocenters. The van der Waals surface area contributed by atoms with Crippen molar-refractivity contribution in [1.29, 1.82) is 0 Å². The van der Waals surface area contributed by atoms with Crippen molar-refractivity contribution in [3.8, 4) is 0 Å². The summed E-state index contributed by atoms with van der Waals surface area (Å²) in [5, 5.41) is 18.8. The van der Waals surface area contributed by atoms with E-state index in [0.717, 1.165) is 12.8 Å². The van der Waals surface area contributed by atoms with Crippen LogP contribution in [0.25, 0.3) is 0 Å². The first-order valence-electron chi connectivity index (χ1n) is 6.32. The van der Waals surface area contributed by atoms with Crippen molar-refractivity contribution < 1.29 is 10.2 Å². The van der Waals surface area contributed by atoms with E-state index >= 15 is 0 Å². The molecule has 17 heavy (non-hydrogen) atoms. The molecule has 0 bridgehead atoms. The highest BCUT2D eigenvalue weighted by Crippen LogP contribution is 2.33. The second kappa shape index (κ2) is 5.63. The van der Waals surface area contributed by atoms with E-state index in [9.17, 15) is 10.2 Å². The van der Waals surface area contributed by atoms with Crippen molar-refractivity contribution >= 4 is 0 Å². The van der Waals surface area contributed by atoms with Gasteiger partial charge in [0.25, 0.3) is 0 Å². The Labute approximate surface area is 103 Å². The summed E-state index contributed by atoms with van der Waals surface area (Å²) in [5.41, 5.74) is 1.24. The van der Waals surface area contributed by atoms with Crippen LogP contribution in [0.15, 0.2) is 30.3 Å². The molecule has 1 aromatic rings. The number of benzene rings is 1. The molecule has 1 aromatic carbocycles. The number of likely N-dealkylation sites (tertiary alicyclic amines) is 1. The molecule has 2 N–H and O–H groups in total. The van der Waals surface area contributed by atoms with Crippen LogP contribution in [0.1, 0.15) is 31.4 Å². The largest absolute Gasteiger partial charge is 0.395 e. The maximum Gasteiger partial charge on any atom is 0.0587 e. The van der Waals surface area contributed by atoms with Crippen molar-refractivity contribution in [2.24, 2.45) is 0 Å². The fraction of sp³-hybridized carbons (Fsp3) is 0.571. The summed E-state index contributed by atoms with van der Waals surface area (Å²) >= 11 is 0. The Bertz CT molecular complexity index is 329. The van der Waals surface area contributed by atoms with Crippen molar-refractivity contribution in [2.75, 3.05) is 13.2 Å². The molecule has 1 aliphatic heterocycles. The average molecular weight is 235 g/mol. The number of hydrogen-bond acceptors (Lipinski definition) is 3. The minimum absolute atomic E-state index is 0.174. The number of aliphatic hydroxyl groups is 2. The van der Waals surface area contributed by atoms with Gasteiger partial charge >= 0.3 is 0 Å². The second-order valence-corrected chi connectivity index (χ2v) is 4.78. The van der Waals surface area contributed by atoms with Crippen molar-refractivity contribution in [1.82, 2.24) is 4.90 Å². The number of hydrogen-bond donors (Lipinski definition) is 2. The number of rotatable bonds is 4. The van der Waals surface area contributed by atoms with Gasteiger partial charge < -0.3 is 10.2 Å². The van der Waals surface area contributed by atoms with Crippen molar-refractivity contribution in [3.05, 3.63) is 35.9 Å². The Balaban J connectivity index is 2.18. The second-order valence-electron chi connectivity index (χ2n) is 4.78. The zero-order valence-electron chi connectivity index (χ0n) is 10.3. The summed E-state index contributed by atoms with van der Waals surface area (Å²) in [6.07, 6.45) is 1.94. The molecule has 1 saturated heterocycles. The van der Waals surface area contributed by atoms with Gasteiger partial charge in [0.05, 0.1) is 13.2 Å². The first kappa shape index (κ1) is 12.6. The summed E-state index contributed by atoms with van der Waals surface area (Å²) in [5.74, 6) is 0. The van der Waals surface area contributed by atoms with Gasteiger partial charge in [0, 0.05) is 18.1 Å². The van der Waals surface area contributed by atoms with Gasteiger partial charge in [-0.15, -0.1) is 0 Å². The topological polar surface area (TPSA) is 43.7 Å². The zero-order valence-corrected chi connectivity index (χ0v) is 10.3. The molecule has 0 unspecified atom stereocenters. The normalized spacial score (nSPS) is 27.2. The van der Waals surface area contributed by atoms with Crippen LogP contribution in [0.5, 0.6) is 0 Å². The van der Waals surface area contributed by atoms with E-state index in [1.165, 1.54) is 5.56 Å². The van der Waals surface area contributed by atoms with Crippen LogP contribution in [0.4, 0.5) is 0 Å². The van der Waals surface area contributed by atoms with Crippen LogP contribution in [0, 0.1) is 0 Å². The molecule has 1 heterocycles. The molecule has 0 aliphatic carbocycles. The third-order valence-corrected chi connectivity index (χ3v) is 3.83. The van der Waals surface area contributed by atoms with E-state index in [-0.39, 0.29) is 31.3 Å². The fourth-order valence-electron chi connectivity index (χ4n) is 2.89. The van der Waals surface area contributed by atoms with Crippen LogP contribution < -0.4 is 0 Å². The van der Waals surface area contributed by atoms with Gasteiger partial charge in [-0.25, -0.2) is 0 Å². The molecule has 3 heteroatoms. The Kier molecular flexibility index (Phi) is 4.15. The molecule has 94 valence electrons. The molecular weight excluding hydrogens is 214 g/mol. The lowest BCUT2D eigenvalue weighted by atomic mass is 10.1. The van der Waals surface area contributed by atoms with Gasteiger partial charge in [-0.1, -0.05) is 30.3 Å². The quantitative estimate of drug-likeness (QED) is 0.832. The minimum Gasteiger partial charge on any atom is -0.395 e. The van der Waals surface area contributed by atoms with Gasteiger partial charge in [-0.3, -0.25) is 4.90 Å². The van der Waals surface area contributed by atoms with Crippen LogP contribution in [-0.4, -0.2) is 40.4 Å². The van der Waals surface area contributed by atoms with E-state index < -0.39 is 0 Å². The average Bonchev–Trinajstić information content (AvgIpc) is 2.81.